The minimum Gasteiger partial charge on any atom is -0.353 e. The molecule has 0 aromatic carbocycles. The van der Waals surface area contributed by atoms with Gasteiger partial charge in [-0.15, -0.1) is 0 Å². The topological polar surface area (TPSA) is 44.4 Å². The Kier molecular flexibility index (Phi) is 7.28. The minimum absolute atomic E-state index is 0.142. The molecule has 0 aromatic heterocycles. The zero-order chi connectivity index (χ0) is 13.4. The van der Waals surface area contributed by atoms with Crippen molar-refractivity contribution in [1.82, 2.24) is 15.5 Å². The number of carbonyl (C=O) groups excluding carboxylic acids is 1. The van der Waals surface area contributed by atoms with Crippen molar-refractivity contribution in [3.8, 4) is 0 Å². The molecule has 1 aliphatic rings. The summed E-state index contributed by atoms with van der Waals surface area (Å²) in [6.45, 7) is 9.77. The van der Waals surface area contributed by atoms with Crippen molar-refractivity contribution in [3.05, 3.63) is 0 Å². The van der Waals surface area contributed by atoms with Crippen molar-refractivity contribution in [2.24, 2.45) is 0 Å². The highest BCUT2D eigenvalue weighted by molar-refractivity contribution is 5.78. The maximum atomic E-state index is 11.7. The lowest BCUT2D eigenvalue weighted by molar-refractivity contribution is -0.122. The van der Waals surface area contributed by atoms with E-state index >= 15 is 0 Å². The smallest absolute Gasteiger partial charge is 0.234 e. The van der Waals surface area contributed by atoms with Crippen LogP contribution in [0.5, 0.6) is 0 Å². The highest BCUT2D eigenvalue weighted by atomic mass is 16.2. The van der Waals surface area contributed by atoms with E-state index in [1.165, 1.54) is 19.3 Å². The summed E-state index contributed by atoms with van der Waals surface area (Å²) in [6.07, 6.45) is 5.10. The molecule has 2 N–H and O–H groups in total. The van der Waals surface area contributed by atoms with Crippen molar-refractivity contribution in [2.75, 3.05) is 26.2 Å². The predicted octanol–water partition coefficient (Wildman–Crippen LogP) is 1.37. The lowest BCUT2D eigenvalue weighted by atomic mass is 10.0. The quantitative estimate of drug-likeness (QED) is 0.722. The Labute approximate surface area is 111 Å². The van der Waals surface area contributed by atoms with Gasteiger partial charge in [0.1, 0.15) is 0 Å². The van der Waals surface area contributed by atoms with E-state index in [9.17, 15) is 4.79 Å². The molecule has 1 atom stereocenters. The third-order valence-corrected chi connectivity index (χ3v) is 3.47. The van der Waals surface area contributed by atoms with Gasteiger partial charge >= 0.3 is 0 Å². The first-order valence-corrected chi connectivity index (χ1v) is 7.37. The minimum atomic E-state index is 0.142. The van der Waals surface area contributed by atoms with Crippen LogP contribution in [-0.4, -0.2) is 49.1 Å². The molecule has 0 aromatic rings. The van der Waals surface area contributed by atoms with Crippen LogP contribution in [0.25, 0.3) is 0 Å². The number of nitrogens with one attached hydrogen (secondary N) is 2. The maximum absolute atomic E-state index is 11.7. The molecular formula is C14H29N3O. The molecule has 1 fully saturated rings. The molecule has 106 valence electrons. The molecule has 18 heavy (non-hydrogen) atoms. The summed E-state index contributed by atoms with van der Waals surface area (Å²) in [7, 11) is 0. The number of piperidine rings is 1. The van der Waals surface area contributed by atoms with E-state index in [-0.39, 0.29) is 11.9 Å². The van der Waals surface area contributed by atoms with E-state index < -0.39 is 0 Å². The SMILES string of the molecule is CCN(CCC1CCCCN1)CC(=O)NC(C)C. The van der Waals surface area contributed by atoms with Crippen LogP contribution in [0.4, 0.5) is 0 Å². The molecule has 0 spiro atoms. The highest BCUT2D eigenvalue weighted by Crippen LogP contribution is 2.10. The third-order valence-electron chi connectivity index (χ3n) is 3.47. The van der Waals surface area contributed by atoms with Crippen molar-refractivity contribution in [2.45, 2.75) is 58.5 Å². The fourth-order valence-corrected chi connectivity index (χ4v) is 2.43. The summed E-state index contributed by atoms with van der Waals surface area (Å²) in [5.41, 5.74) is 0. The third kappa shape index (κ3) is 6.36. The average molecular weight is 255 g/mol. The van der Waals surface area contributed by atoms with Crippen molar-refractivity contribution in [3.63, 3.8) is 0 Å². The summed E-state index contributed by atoms with van der Waals surface area (Å²) in [6, 6.07) is 0.886. The van der Waals surface area contributed by atoms with Crippen LogP contribution < -0.4 is 10.6 Å². The molecule has 1 heterocycles. The first kappa shape index (κ1) is 15.4. The molecule has 4 nitrogen and oxygen atoms in total. The van der Waals surface area contributed by atoms with Crippen LogP contribution >= 0.6 is 0 Å². The van der Waals surface area contributed by atoms with Crippen LogP contribution in [0.15, 0.2) is 0 Å². The van der Waals surface area contributed by atoms with Crippen LogP contribution in [0.3, 0.4) is 0 Å². The average Bonchev–Trinajstić information content (AvgIpc) is 2.34. The zero-order valence-electron chi connectivity index (χ0n) is 12.2. The fourth-order valence-electron chi connectivity index (χ4n) is 2.43. The van der Waals surface area contributed by atoms with Crippen molar-refractivity contribution < 1.29 is 4.79 Å². The molecule has 1 rings (SSSR count). The first-order valence-electron chi connectivity index (χ1n) is 7.37. The number of likely N-dealkylation sites (N-methyl/N-ethyl adjacent to an activating group) is 1. The Balaban J connectivity index is 2.21. The monoisotopic (exact) mass is 255 g/mol. The lowest BCUT2D eigenvalue weighted by Crippen LogP contribution is -2.42. The zero-order valence-corrected chi connectivity index (χ0v) is 12.2. The molecule has 4 heteroatoms. The highest BCUT2D eigenvalue weighted by Gasteiger charge is 2.15. The number of hydrogen-bond donors (Lipinski definition) is 2. The first-order chi connectivity index (χ1) is 8.61. The predicted molar refractivity (Wildman–Crippen MR) is 75.7 cm³/mol. The molecule has 1 unspecified atom stereocenters. The lowest BCUT2D eigenvalue weighted by Gasteiger charge is -2.27. The van der Waals surface area contributed by atoms with Crippen LogP contribution in [0, 0.1) is 0 Å². The van der Waals surface area contributed by atoms with Gasteiger partial charge in [-0.3, -0.25) is 9.69 Å². The summed E-state index contributed by atoms with van der Waals surface area (Å²) in [4.78, 5) is 13.9. The van der Waals surface area contributed by atoms with E-state index in [2.05, 4.69) is 22.5 Å². The Morgan fingerprint density at radius 2 is 2.22 bits per heavy atom. The summed E-state index contributed by atoms with van der Waals surface area (Å²) >= 11 is 0. The Morgan fingerprint density at radius 1 is 1.44 bits per heavy atom. The summed E-state index contributed by atoms with van der Waals surface area (Å²) < 4.78 is 0. The van der Waals surface area contributed by atoms with Gasteiger partial charge in [-0.2, -0.15) is 0 Å². The number of hydrogen-bond acceptors (Lipinski definition) is 3. The standard InChI is InChI=1S/C14H29N3O/c1-4-17(11-14(18)16-12(2)3)10-8-13-7-5-6-9-15-13/h12-13,15H,4-11H2,1-3H3,(H,16,18). The van der Waals surface area contributed by atoms with Crippen molar-refractivity contribution >= 4 is 5.91 Å². The van der Waals surface area contributed by atoms with Gasteiger partial charge in [0.15, 0.2) is 0 Å². The molecule has 0 saturated carbocycles. The molecule has 0 aliphatic carbocycles. The Morgan fingerprint density at radius 3 is 2.78 bits per heavy atom. The van der Waals surface area contributed by atoms with E-state index in [4.69, 9.17) is 0 Å². The van der Waals surface area contributed by atoms with Crippen LogP contribution in [0.2, 0.25) is 0 Å². The van der Waals surface area contributed by atoms with Gasteiger partial charge in [0.25, 0.3) is 0 Å². The molecule has 1 aliphatic heterocycles. The Hall–Kier alpha value is -0.610. The second kappa shape index (κ2) is 8.48. The molecular weight excluding hydrogens is 226 g/mol. The number of rotatable bonds is 7. The maximum Gasteiger partial charge on any atom is 0.234 e. The van der Waals surface area contributed by atoms with Gasteiger partial charge in [-0.1, -0.05) is 13.3 Å². The molecule has 0 radical (unpaired) electrons. The number of carbonyl (C=O) groups is 1. The molecule has 1 saturated heterocycles. The molecule has 0 bridgehead atoms. The number of nitrogens with zero attached hydrogens (tertiary/aromatic N) is 1. The number of amides is 1. The van der Waals surface area contributed by atoms with Gasteiger partial charge in [0.05, 0.1) is 6.54 Å². The second-order valence-corrected chi connectivity index (χ2v) is 5.53. The van der Waals surface area contributed by atoms with Crippen molar-refractivity contribution in [1.29, 1.82) is 0 Å². The van der Waals surface area contributed by atoms with Gasteiger partial charge < -0.3 is 10.6 Å². The van der Waals surface area contributed by atoms with E-state index in [1.807, 2.05) is 13.8 Å². The van der Waals surface area contributed by atoms with Gasteiger partial charge in [-0.25, -0.2) is 0 Å². The largest absolute Gasteiger partial charge is 0.353 e. The summed E-state index contributed by atoms with van der Waals surface area (Å²) in [5.74, 6) is 0.142. The van der Waals surface area contributed by atoms with E-state index in [0.29, 0.717) is 12.6 Å². The molecule has 1 amide bonds. The van der Waals surface area contributed by atoms with Gasteiger partial charge in [0, 0.05) is 18.6 Å². The van der Waals surface area contributed by atoms with Crippen LogP contribution in [-0.2, 0) is 4.79 Å². The normalized spacial score (nSPS) is 20.4. The van der Waals surface area contributed by atoms with Gasteiger partial charge in [0.2, 0.25) is 5.91 Å². The van der Waals surface area contributed by atoms with E-state index in [0.717, 1.165) is 26.1 Å². The van der Waals surface area contributed by atoms with Crippen LogP contribution in [0.1, 0.15) is 46.5 Å². The second-order valence-electron chi connectivity index (χ2n) is 5.53. The van der Waals surface area contributed by atoms with Gasteiger partial charge in [-0.05, 0) is 46.2 Å². The van der Waals surface area contributed by atoms with E-state index in [1.54, 1.807) is 0 Å². The Bertz CT molecular complexity index is 237. The fraction of sp³-hybridized carbons (Fsp3) is 0.929. The summed E-state index contributed by atoms with van der Waals surface area (Å²) in [5, 5.41) is 6.51.